The van der Waals surface area contributed by atoms with Crippen molar-refractivity contribution in [3.63, 3.8) is 0 Å². The molecule has 5 nitrogen and oxygen atoms in total. The first-order valence-corrected chi connectivity index (χ1v) is 20.8. The third-order valence-electron chi connectivity index (χ3n) is 12.5. The summed E-state index contributed by atoms with van der Waals surface area (Å²) in [6.07, 6.45) is 8.59. The van der Waals surface area contributed by atoms with Crippen LogP contribution < -0.4 is 14.5 Å². The molecular formula is C56H36N2O3. The van der Waals surface area contributed by atoms with Crippen molar-refractivity contribution in [1.29, 1.82) is 0 Å². The molecule has 5 heteroatoms. The molecule has 9 aromatic carbocycles. The zero-order valence-electron chi connectivity index (χ0n) is 32.9. The number of nitrogens with zero attached hydrogens (tertiary/aromatic N) is 2. The molecular weight excluding hydrogens is 749 g/mol. The van der Waals surface area contributed by atoms with E-state index in [9.17, 15) is 0 Å². The molecule has 0 saturated carbocycles. The molecule has 1 aliphatic heterocycles. The fraction of sp³-hybridized carbons (Fsp3) is 0.0357. The molecule has 11 aromatic rings. The van der Waals surface area contributed by atoms with Gasteiger partial charge in [-0.3, -0.25) is 0 Å². The Labute approximate surface area is 351 Å². The second kappa shape index (κ2) is 13.2. The second-order valence-corrected chi connectivity index (χ2v) is 15.9. The fourth-order valence-corrected chi connectivity index (χ4v) is 9.90. The van der Waals surface area contributed by atoms with Crippen LogP contribution in [0.2, 0.25) is 0 Å². The Morgan fingerprint density at radius 3 is 1.72 bits per heavy atom. The summed E-state index contributed by atoms with van der Waals surface area (Å²) in [4.78, 5) is 4.68. The van der Waals surface area contributed by atoms with E-state index in [4.69, 9.17) is 13.6 Å². The number of allylic oxidation sites excluding steroid dienone is 2. The first-order chi connectivity index (χ1) is 30.3. The Morgan fingerprint density at radius 2 is 0.934 bits per heavy atom. The maximum atomic E-state index is 7.15. The van der Waals surface area contributed by atoms with Gasteiger partial charge in [0.1, 0.15) is 28.6 Å². The van der Waals surface area contributed by atoms with Gasteiger partial charge < -0.3 is 23.4 Å². The number of furan rings is 2. The lowest BCUT2D eigenvalue weighted by atomic mass is 9.91. The van der Waals surface area contributed by atoms with Crippen molar-refractivity contribution in [2.45, 2.75) is 12.0 Å². The topological polar surface area (TPSA) is 42.0 Å². The molecule has 2 atom stereocenters. The van der Waals surface area contributed by atoms with Crippen molar-refractivity contribution >= 4 is 99.5 Å². The van der Waals surface area contributed by atoms with Crippen molar-refractivity contribution in [1.82, 2.24) is 0 Å². The van der Waals surface area contributed by atoms with Gasteiger partial charge in [0.05, 0.1) is 22.7 Å². The highest BCUT2D eigenvalue weighted by Gasteiger charge is 2.36. The van der Waals surface area contributed by atoms with E-state index >= 15 is 0 Å². The van der Waals surface area contributed by atoms with Gasteiger partial charge in [0.25, 0.3) is 0 Å². The first-order valence-electron chi connectivity index (χ1n) is 20.8. The van der Waals surface area contributed by atoms with E-state index in [2.05, 4.69) is 204 Å². The highest BCUT2D eigenvalue weighted by molar-refractivity contribution is 6.28. The summed E-state index contributed by atoms with van der Waals surface area (Å²) in [5, 5.41) is 8.61. The lowest BCUT2D eigenvalue weighted by Gasteiger charge is -2.28. The molecule has 3 heterocycles. The van der Waals surface area contributed by atoms with E-state index in [1.54, 1.807) is 0 Å². The van der Waals surface area contributed by atoms with Crippen molar-refractivity contribution in [2.24, 2.45) is 0 Å². The van der Waals surface area contributed by atoms with E-state index in [0.29, 0.717) is 0 Å². The molecule has 0 spiro atoms. The van der Waals surface area contributed by atoms with Crippen LogP contribution in [0, 0.1) is 0 Å². The number of hydrogen-bond acceptors (Lipinski definition) is 5. The molecule has 0 N–H and O–H groups in total. The van der Waals surface area contributed by atoms with Gasteiger partial charge in [-0.15, -0.1) is 0 Å². The summed E-state index contributed by atoms with van der Waals surface area (Å²) in [6, 6.07) is 64.3. The Balaban J connectivity index is 1.09. The zero-order valence-corrected chi connectivity index (χ0v) is 32.9. The van der Waals surface area contributed by atoms with E-state index in [0.717, 1.165) is 105 Å². The van der Waals surface area contributed by atoms with Gasteiger partial charge in [0.15, 0.2) is 5.58 Å². The standard InChI is InChI=1S/C56H36N2O3/c1-3-17-35(18-4-1)57(46-29-15-27-43-39-23-11-13-31-50(39)59-55(43)46)48-33-45-53-41-25-9-7-21-37(41)49(34-52(53)61-54(45)42-26-10-8-22-38(42)48)58(36-19-5-2-6-20-36)47-30-16-28-44-40-24-12-14-32-51(40)60-56(44)47/h1-34,39,50H. The van der Waals surface area contributed by atoms with Crippen LogP contribution >= 0.6 is 0 Å². The predicted octanol–water partition coefficient (Wildman–Crippen LogP) is 15.7. The summed E-state index contributed by atoms with van der Waals surface area (Å²) in [7, 11) is 0. The summed E-state index contributed by atoms with van der Waals surface area (Å²) >= 11 is 0. The molecule has 0 radical (unpaired) electrons. The minimum absolute atomic E-state index is 0.0364. The highest BCUT2D eigenvalue weighted by atomic mass is 16.5. The van der Waals surface area contributed by atoms with Gasteiger partial charge in [0, 0.05) is 66.6 Å². The quantitative estimate of drug-likeness (QED) is 0.168. The molecule has 0 amide bonds. The van der Waals surface area contributed by atoms with Crippen LogP contribution in [-0.4, -0.2) is 6.10 Å². The van der Waals surface area contributed by atoms with Gasteiger partial charge in [-0.25, -0.2) is 0 Å². The summed E-state index contributed by atoms with van der Waals surface area (Å²) < 4.78 is 20.7. The lowest BCUT2D eigenvalue weighted by Crippen LogP contribution is -2.16. The number of anilines is 6. The van der Waals surface area contributed by atoms with Crippen molar-refractivity contribution in [3.05, 3.63) is 212 Å². The van der Waals surface area contributed by atoms with Crippen molar-refractivity contribution in [3.8, 4) is 5.75 Å². The Kier molecular flexibility index (Phi) is 7.36. The Hall–Kier alpha value is -8.02. The van der Waals surface area contributed by atoms with Crippen LogP contribution in [0.5, 0.6) is 5.75 Å². The van der Waals surface area contributed by atoms with Gasteiger partial charge in [-0.2, -0.15) is 0 Å². The molecule has 61 heavy (non-hydrogen) atoms. The van der Waals surface area contributed by atoms with Crippen LogP contribution in [0.25, 0.3) is 65.4 Å². The largest absolute Gasteiger partial charge is 0.483 e. The van der Waals surface area contributed by atoms with Gasteiger partial charge in [0.2, 0.25) is 0 Å². The van der Waals surface area contributed by atoms with Gasteiger partial charge in [-0.1, -0.05) is 146 Å². The van der Waals surface area contributed by atoms with E-state index < -0.39 is 0 Å². The molecule has 0 saturated heterocycles. The highest BCUT2D eigenvalue weighted by Crippen LogP contribution is 2.53. The average molecular weight is 785 g/mol. The monoisotopic (exact) mass is 784 g/mol. The number of para-hydroxylation sites is 5. The van der Waals surface area contributed by atoms with E-state index in [-0.39, 0.29) is 12.0 Å². The molecule has 1 aliphatic carbocycles. The van der Waals surface area contributed by atoms with Crippen LogP contribution in [0.1, 0.15) is 11.5 Å². The van der Waals surface area contributed by atoms with Crippen LogP contribution in [0.3, 0.4) is 0 Å². The Bertz CT molecular complexity index is 3600. The van der Waals surface area contributed by atoms with Crippen LogP contribution in [0.4, 0.5) is 34.1 Å². The zero-order chi connectivity index (χ0) is 40.0. The average Bonchev–Trinajstić information content (AvgIpc) is 4.02. The van der Waals surface area contributed by atoms with Crippen molar-refractivity contribution < 1.29 is 13.6 Å². The molecule has 2 unspecified atom stereocenters. The molecule has 0 bridgehead atoms. The Morgan fingerprint density at radius 1 is 0.377 bits per heavy atom. The third-order valence-corrected chi connectivity index (χ3v) is 12.5. The molecule has 2 aliphatic rings. The first kappa shape index (κ1) is 33.9. The molecule has 13 rings (SSSR count). The fourth-order valence-electron chi connectivity index (χ4n) is 9.90. The minimum Gasteiger partial charge on any atom is -0.483 e. The molecule has 0 fully saturated rings. The molecule has 2 aromatic heterocycles. The lowest BCUT2D eigenvalue weighted by molar-refractivity contribution is 0.269. The second-order valence-electron chi connectivity index (χ2n) is 15.9. The van der Waals surface area contributed by atoms with Crippen LogP contribution in [0.15, 0.2) is 215 Å². The maximum absolute atomic E-state index is 7.15. The predicted molar refractivity (Wildman–Crippen MR) is 251 cm³/mol. The number of benzene rings is 9. The number of rotatable bonds is 6. The minimum atomic E-state index is -0.0364. The smallest absolute Gasteiger partial charge is 0.159 e. The summed E-state index contributed by atoms with van der Waals surface area (Å²) in [6.45, 7) is 0. The number of hydrogen-bond donors (Lipinski definition) is 0. The number of fused-ring (bicyclic) bond motifs is 13. The SMILES string of the molecule is C1=CC2Oc3c(cccc3N(c3ccccc3)c3cc4c(oc5cc(N(c6ccccc6)c6cccc7c6oc6ccccc67)c6ccccc6c54)c4ccccc34)C2C=C1. The van der Waals surface area contributed by atoms with E-state index in [1.807, 2.05) is 12.1 Å². The van der Waals surface area contributed by atoms with Gasteiger partial charge >= 0.3 is 0 Å². The third kappa shape index (κ3) is 5.07. The molecule has 288 valence electrons. The summed E-state index contributed by atoms with van der Waals surface area (Å²) in [5.74, 6) is 1.08. The summed E-state index contributed by atoms with van der Waals surface area (Å²) in [5.41, 5.74) is 10.6. The normalized spacial score (nSPS) is 15.5. The van der Waals surface area contributed by atoms with Crippen molar-refractivity contribution in [2.75, 3.05) is 9.80 Å². The number of ether oxygens (including phenoxy) is 1. The maximum Gasteiger partial charge on any atom is 0.159 e. The van der Waals surface area contributed by atoms with Gasteiger partial charge in [-0.05, 0) is 60.0 Å². The van der Waals surface area contributed by atoms with Crippen LogP contribution in [-0.2, 0) is 0 Å². The van der Waals surface area contributed by atoms with E-state index in [1.165, 1.54) is 5.56 Å².